The Bertz CT molecular complexity index is 1030. The van der Waals surface area contributed by atoms with Gasteiger partial charge in [-0.2, -0.15) is 0 Å². The Hall–Kier alpha value is -3.04. The third-order valence-corrected chi connectivity index (χ3v) is 5.11. The summed E-state index contributed by atoms with van der Waals surface area (Å²) >= 11 is 0. The average Bonchev–Trinajstić information content (AvgIpc) is 2.74. The van der Waals surface area contributed by atoms with Crippen molar-refractivity contribution in [2.45, 2.75) is 37.8 Å². The summed E-state index contributed by atoms with van der Waals surface area (Å²) in [6, 6.07) is 17.3. The highest BCUT2D eigenvalue weighted by Crippen LogP contribution is 2.25. The van der Waals surface area contributed by atoms with Crippen molar-refractivity contribution in [3.8, 4) is 11.5 Å². The van der Waals surface area contributed by atoms with E-state index in [9.17, 15) is 19.0 Å². The van der Waals surface area contributed by atoms with Crippen LogP contribution in [-0.4, -0.2) is 28.7 Å². The van der Waals surface area contributed by atoms with Gasteiger partial charge in [0.15, 0.2) is 11.5 Å². The second kappa shape index (κ2) is 11.0. The Balaban J connectivity index is 1.70. The number of hydrogen-bond donors (Lipinski definition) is 6. The molecule has 0 aliphatic carbocycles. The highest BCUT2D eigenvalue weighted by atomic mass is 19.1. The first-order valence-electron chi connectivity index (χ1n) is 10.3. The molecule has 0 amide bonds. The van der Waals surface area contributed by atoms with E-state index in [0.29, 0.717) is 23.1 Å². The molecule has 3 aromatic rings. The maximum absolute atomic E-state index is 14.2. The van der Waals surface area contributed by atoms with Crippen molar-refractivity contribution in [1.82, 2.24) is 10.6 Å². The molecular formula is C24H28F2N4O2. The Morgan fingerprint density at radius 2 is 1.22 bits per heavy atom. The molecule has 0 radical (unpaired) electrons. The molecule has 170 valence electrons. The molecular weight excluding hydrogens is 414 g/mol. The number of benzene rings is 3. The second-order valence-electron chi connectivity index (χ2n) is 7.72. The Kier molecular flexibility index (Phi) is 8.13. The largest absolute Gasteiger partial charge is 0.504 e. The van der Waals surface area contributed by atoms with E-state index in [4.69, 9.17) is 11.5 Å². The summed E-state index contributed by atoms with van der Waals surface area (Å²) in [5.41, 5.74) is 14.1. The molecule has 3 aromatic carbocycles. The summed E-state index contributed by atoms with van der Waals surface area (Å²) in [4.78, 5) is 0. The molecule has 8 heteroatoms. The summed E-state index contributed by atoms with van der Waals surface area (Å²) in [6.45, 7) is 0. The van der Waals surface area contributed by atoms with Crippen LogP contribution in [0.25, 0.3) is 0 Å². The van der Waals surface area contributed by atoms with Gasteiger partial charge in [0.05, 0.1) is 18.5 Å². The van der Waals surface area contributed by atoms with E-state index in [-0.39, 0.29) is 36.0 Å². The standard InChI is InChI=1S/C24H28F2N4O2/c25-18-7-3-1-5-16(18)13-23(28)30-24(14-17-6-2-4-8-19(17)26)29-22(27)12-15-9-10-20(31)21(32)11-15/h1-11,22-24,29-32H,12-14,27-28H2. The number of halogens is 2. The van der Waals surface area contributed by atoms with Crippen LogP contribution in [0, 0.1) is 11.6 Å². The maximum atomic E-state index is 14.2. The van der Waals surface area contributed by atoms with Gasteiger partial charge in [0, 0.05) is 19.3 Å². The van der Waals surface area contributed by atoms with Crippen LogP contribution < -0.4 is 22.1 Å². The molecule has 3 atom stereocenters. The first-order valence-corrected chi connectivity index (χ1v) is 10.3. The van der Waals surface area contributed by atoms with Gasteiger partial charge >= 0.3 is 0 Å². The Morgan fingerprint density at radius 1 is 0.688 bits per heavy atom. The fourth-order valence-electron chi connectivity index (χ4n) is 3.54. The third kappa shape index (κ3) is 6.73. The molecule has 32 heavy (non-hydrogen) atoms. The molecule has 8 N–H and O–H groups in total. The summed E-state index contributed by atoms with van der Waals surface area (Å²) < 4.78 is 28.2. The minimum Gasteiger partial charge on any atom is -0.504 e. The Morgan fingerprint density at radius 3 is 1.78 bits per heavy atom. The van der Waals surface area contributed by atoms with Crippen LogP contribution in [0.4, 0.5) is 8.78 Å². The number of phenols is 2. The molecule has 0 bridgehead atoms. The molecule has 0 fully saturated rings. The van der Waals surface area contributed by atoms with E-state index in [0.717, 1.165) is 0 Å². The molecule has 0 spiro atoms. The van der Waals surface area contributed by atoms with Crippen LogP contribution in [-0.2, 0) is 19.3 Å². The lowest BCUT2D eigenvalue weighted by Gasteiger charge is -2.28. The molecule has 0 saturated heterocycles. The van der Waals surface area contributed by atoms with Crippen molar-refractivity contribution in [1.29, 1.82) is 0 Å². The van der Waals surface area contributed by atoms with Gasteiger partial charge in [0.2, 0.25) is 0 Å². The van der Waals surface area contributed by atoms with Gasteiger partial charge in [0.25, 0.3) is 0 Å². The normalized spacial score (nSPS) is 14.1. The van der Waals surface area contributed by atoms with Gasteiger partial charge in [-0.1, -0.05) is 42.5 Å². The van der Waals surface area contributed by atoms with E-state index in [1.54, 1.807) is 42.5 Å². The topological polar surface area (TPSA) is 117 Å². The maximum Gasteiger partial charge on any atom is 0.157 e. The molecule has 0 aliphatic rings. The molecule has 0 aliphatic heterocycles. The van der Waals surface area contributed by atoms with Crippen molar-refractivity contribution in [3.63, 3.8) is 0 Å². The van der Waals surface area contributed by atoms with E-state index in [1.807, 2.05) is 0 Å². The number of aromatic hydroxyl groups is 2. The van der Waals surface area contributed by atoms with Crippen molar-refractivity contribution in [2.75, 3.05) is 0 Å². The van der Waals surface area contributed by atoms with E-state index < -0.39 is 18.5 Å². The summed E-state index contributed by atoms with van der Waals surface area (Å²) in [6.07, 6.45) is -0.847. The van der Waals surface area contributed by atoms with Gasteiger partial charge in [-0.25, -0.2) is 8.78 Å². The van der Waals surface area contributed by atoms with Crippen LogP contribution in [0.15, 0.2) is 66.7 Å². The van der Waals surface area contributed by atoms with Gasteiger partial charge in [-0.3, -0.25) is 10.6 Å². The van der Waals surface area contributed by atoms with Gasteiger partial charge in [0.1, 0.15) is 11.6 Å². The zero-order valence-corrected chi connectivity index (χ0v) is 17.5. The highest BCUT2D eigenvalue weighted by Gasteiger charge is 2.19. The number of rotatable bonds is 10. The first kappa shape index (κ1) is 23.6. The van der Waals surface area contributed by atoms with Gasteiger partial charge < -0.3 is 21.7 Å². The van der Waals surface area contributed by atoms with Crippen LogP contribution in [0.3, 0.4) is 0 Å². The van der Waals surface area contributed by atoms with E-state index in [1.165, 1.54) is 24.3 Å². The van der Waals surface area contributed by atoms with Crippen molar-refractivity contribution < 1.29 is 19.0 Å². The quantitative estimate of drug-likeness (QED) is 0.212. The van der Waals surface area contributed by atoms with Crippen LogP contribution >= 0.6 is 0 Å². The molecule has 0 saturated carbocycles. The summed E-state index contributed by atoms with van der Waals surface area (Å²) in [5.74, 6) is -1.14. The smallest absolute Gasteiger partial charge is 0.157 e. The molecule has 3 unspecified atom stereocenters. The van der Waals surface area contributed by atoms with Gasteiger partial charge in [-0.05, 0) is 41.0 Å². The second-order valence-corrected chi connectivity index (χ2v) is 7.72. The SMILES string of the molecule is NC(Cc1ccc(O)c(O)c1)NC(Cc1ccccc1F)NC(N)Cc1ccccc1F. The molecule has 0 aromatic heterocycles. The lowest BCUT2D eigenvalue weighted by Crippen LogP contribution is -2.57. The molecule has 0 heterocycles. The molecule has 3 rings (SSSR count). The van der Waals surface area contributed by atoms with Crippen molar-refractivity contribution in [2.24, 2.45) is 11.5 Å². The minimum atomic E-state index is -0.610. The highest BCUT2D eigenvalue weighted by molar-refractivity contribution is 5.40. The first-order chi connectivity index (χ1) is 15.3. The van der Waals surface area contributed by atoms with E-state index >= 15 is 0 Å². The van der Waals surface area contributed by atoms with E-state index in [2.05, 4.69) is 10.6 Å². The average molecular weight is 443 g/mol. The fraction of sp³-hybridized carbons (Fsp3) is 0.250. The van der Waals surface area contributed by atoms with Crippen LogP contribution in [0.1, 0.15) is 16.7 Å². The minimum absolute atomic E-state index is 0.214. The van der Waals surface area contributed by atoms with Crippen LogP contribution in [0.2, 0.25) is 0 Å². The lowest BCUT2D eigenvalue weighted by molar-refractivity contribution is 0.328. The predicted molar refractivity (Wildman–Crippen MR) is 120 cm³/mol. The zero-order chi connectivity index (χ0) is 23.1. The van der Waals surface area contributed by atoms with Gasteiger partial charge in [-0.15, -0.1) is 0 Å². The monoisotopic (exact) mass is 442 g/mol. The third-order valence-electron chi connectivity index (χ3n) is 5.11. The number of hydrogen-bond acceptors (Lipinski definition) is 6. The number of nitrogens with one attached hydrogen (secondary N) is 2. The van der Waals surface area contributed by atoms with Crippen molar-refractivity contribution >= 4 is 0 Å². The number of nitrogens with two attached hydrogens (primary N) is 2. The lowest BCUT2D eigenvalue weighted by atomic mass is 10.1. The zero-order valence-electron chi connectivity index (χ0n) is 17.5. The summed E-state index contributed by atoms with van der Waals surface area (Å²) in [5, 5.41) is 25.5. The Labute approximate surface area is 185 Å². The number of phenolic OH excluding ortho intramolecular Hbond substituents is 2. The van der Waals surface area contributed by atoms with Crippen LogP contribution in [0.5, 0.6) is 11.5 Å². The predicted octanol–water partition coefficient (Wildman–Crippen LogP) is 2.48. The fourth-order valence-corrected chi connectivity index (χ4v) is 3.54. The summed E-state index contributed by atoms with van der Waals surface area (Å²) in [7, 11) is 0. The van der Waals surface area contributed by atoms with Crippen molar-refractivity contribution in [3.05, 3.63) is 95.1 Å². The molecule has 6 nitrogen and oxygen atoms in total.